The molecule has 0 saturated carbocycles. The maximum absolute atomic E-state index is 13.6. The fraction of sp³-hybridized carbons (Fsp3) is 0.294. The third kappa shape index (κ3) is 3.79. The van der Waals surface area contributed by atoms with Gasteiger partial charge in [-0.15, -0.1) is 0 Å². The normalized spacial score (nSPS) is 12.2. The Hall–Kier alpha value is -1.94. The first-order chi connectivity index (χ1) is 10.0. The number of aryl methyl sites for hydroxylation is 1. The Morgan fingerprint density at radius 1 is 1.14 bits per heavy atom. The van der Waals surface area contributed by atoms with E-state index in [4.69, 9.17) is 4.74 Å². The average Bonchev–Trinajstić information content (AvgIpc) is 2.46. The quantitative estimate of drug-likeness (QED) is 0.894. The second kappa shape index (κ2) is 6.68. The molecule has 0 spiro atoms. The number of nitrogens with one attached hydrogen (secondary N) is 1. The van der Waals surface area contributed by atoms with Gasteiger partial charge in [0.25, 0.3) is 0 Å². The topological polar surface area (TPSA) is 21.3 Å². The molecule has 2 rings (SSSR count). The van der Waals surface area contributed by atoms with Gasteiger partial charge in [0.1, 0.15) is 17.4 Å². The van der Waals surface area contributed by atoms with Crippen molar-refractivity contribution in [2.75, 3.05) is 7.11 Å². The Bertz CT molecular complexity index is 628. The summed E-state index contributed by atoms with van der Waals surface area (Å²) in [4.78, 5) is 0. The van der Waals surface area contributed by atoms with Crippen LogP contribution in [-0.2, 0) is 6.54 Å². The number of halogens is 2. The zero-order chi connectivity index (χ0) is 15.4. The lowest BCUT2D eigenvalue weighted by atomic mass is 10.0. The first kappa shape index (κ1) is 15.4. The summed E-state index contributed by atoms with van der Waals surface area (Å²) in [6.45, 7) is 4.32. The molecule has 0 aliphatic heterocycles. The monoisotopic (exact) mass is 291 g/mol. The molecule has 0 amide bonds. The highest BCUT2D eigenvalue weighted by molar-refractivity contribution is 5.39. The Balaban J connectivity index is 2.11. The fourth-order valence-electron chi connectivity index (χ4n) is 2.23. The van der Waals surface area contributed by atoms with E-state index >= 15 is 0 Å². The van der Waals surface area contributed by atoms with Crippen molar-refractivity contribution in [2.24, 2.45) is 0 Å². The molecule has 1 atom stereocenters. The van der Waals surface area contributed by atoms with Gasteiger partial charge in [0.05, 0.1) is 7.11 Å². The standard InChI is InChI=1S/C17H19F2NO/c1-11-4-7-17(21-3)15(8-11)12(2)20-10-13-5-6-14(18)9-16(13)19/h4-9,12,20H,10H2,1-3H3. The number of hydrogen-bond donors (Lipinski definition) is 1. The fourth-order valence-corrected chi connectivity index (χ4v) is 2.23. The Labute approximate surface area is 123 Å². The number of ether oxygens (including phenoxy) is 1. The summed E-state index contributed by atoms with van der Waals surface area (Å²) in [6.07, 6.45) is 0. The van der Waals surface area contributed by atoms with Gasteiger partial charge in [0.15, 0.2) is 0 Å². The minimum Gasteiger partial charge on any atom is -0.496 e. The van der Waals surface area contributed by atoms with Crippen molar-refractivity contribution in [1.82, 2.24) is 5.32 Å². The van der Waals surface area contributed by atoms with Crippen LogP contribution in [0.4, 0.5) is 8.78 Å². The molecular formula is C17H19F2NO. The van der Waals surface area contributed by atoms with E-state index < -0.39 is 11.6 Å². The van der Waals surface area contributed by atoms with Crippen LogP contribution >= 0.6 is 0 Å². The average molecular weight is 291 g/mol. The van der Waals surface area contributed by atoms with E-state index in [2.05, 4.69) is 5.32 Å². The molecule has 1 unspecified atom stereocenters. The maximum atomic E-state index is 13.6. The van der Waals surface area contributed by atoms with E-state index in [-0.39, 0.29) is 6.04 Å². The minimum atomic E-state index is -0.565. The van der Waals surface area contributed by atoms with E-state index in [0.717, 1.165) is 22.9 Å². The van der Waals surface area contributed by atoms with Crippen molar-refractivity contribution in [3.8, 4) is 5.75 Å². The molecule has 0 saturated heterocycles. The lowest BCUT2D eigenvalue weighted by Crippen LogP contribution is -2.19. The summed E-state index contributed by atoms with van der Waals surface area (Å²) in [5.74, 6) is -0.310. The smallest absolute Gasteiger partial charge is 0.130 e. The van der Waals surface area contributed by atoms with Gasteiger partial charge < -0.3 is 10.1 Å². The van der Waals surface area contributed by atoms with E-state index in [0.29, 0.717) is 12.1 Å². The van der Waals surface area contributed by atoms with Gasteiger partial charge in [0, 0.05) is 29.8 Å². The summed E-state index contributed by atoms with van der Waals surface area (Å²) in [5, 5.41) is 3.23. The predicted molar refractivity (Wildman–Crippen MR) is 79.3 cm³/mol. The van der Waals surface area contributed by atoms with Crippen molar-refractivity contribution in [1.29, 1.82) is 0 Å². The molecule has 2 aromatic rings. The van der Waals surface area contributed by atoms with E-state index in [1.807, 2.05) is 32.0 Å². The van der Waals surface area contributed by atoms with E-state index in [1.165, 1.54) is 12.1 Å². The van der Waals surface area contributed by atoms with Crippen LogP contribution in [0.3, 0.4) is 0 Å². The minimum absolute atomic E-state index is 0.00990. The molecule has 21 heavy (non-hydrogen) atoms. The molecule has 0 bridgehead atoms. The van der Waals surface area contributed by atoms with E-state index in [9.17, 15) is 8.78 Å². The highest BCUT2D eigenvalue weighted by Gasteiger charge is 2.12. The van der Waals surface area contributed by atoms with Crippen LogP contribution in [0.25, 0.3) is 0 Å². The van der Waals surface area contributed by atoms with Gasteiger partial charge >= 0.3 is 0 Å². The highest BCUT2D eigenvalue weighted by Crippen LogP contribution is 2.26. The van der Waals surface area contributed by atoms with Gasteiger partial charge in [-0.2, -0.15) is 0 Å². The summed E-state index contributed by atoms with van der Waals surface area (Å²) in [5.41, 5.74) is 2.59. The number of rotatable bonds is 5. The van der Waals surface area contributed by atoms with Crippen LogP contribution in [0.2, 0.25) is 0 Å². The summed E-state index contributed by atoms with van der Waals surface area (Å²) >= 11 is 0. The molecule has 2 nitrogen and oxygen atoms in total. The molecular weight excluding hydrogens is 272 g/mol. The van der Waals surface area contributed by atoms with Crippen molar-refractivity contribution in [3.05, 3.63) is 64.7 Å². The van der Waals surface area contributed by atoms with Crippen LogP contribution in [0.15, 0.2) is 36.4 Å². The van der Waals surface area contributed by atoms with Gasteiger partial charge in [0.2, 0.25) is 0 Å². The van der Waals surface area contributed by atoms with Gasteiger partial charge in [-0.05, 0) is 26.0 Å². The molecule has 0 aliphatic rings. The van der Waals surface area contributed by atoms with Gasteiger partial charge in [-0.3, -0.25) is 0 Å². The zero-order valence-corrected chi connectivity index (χ0v) is 12.4. The van der Waals surface area contributed by atoms with Crippen LogP contribution in [0, 0.1) is 18.6 Å². The van der Waals surface area contributed by atoms with Crippen LogP contribution in [0.1, 0.15) is 29.7 Å². The molecule has 0 fully saturated rings. The first-order valence-corrected chi connectivity index (χ1v) is 6.83. The molecule has 1 N–H and O–H groups in total. The van der Waals surface area contributed by atoms with Crippen molar-refractivity contribution in [3.63, 3.8) is 0 Å². The molecule has 0 aliphatic carbocycles. The number of hydrogen-bond acceptors (Lipinski definition) is 2. The lowest BCUT2D eigenvalue weighted by Gasteiger charge is -2.18. The molecule has 0 radical (unpaired) electrons. The summed E-state index contributed by atoms with van der Waals surface area (Å²) < 4.78 is 31.8. The Morgan fingerprint density at radius 2 is 1.90 bits per heavy atom. The SMILES string of the molecule is COc1ccc(C)cc1C(C)NCc1ccc(F)cc1F. The van der Waals surface area contributed by atoms with Crippen LogP contribution in [-0.4, -0.2) is 7.11 Å². The van der Waals surface area contributed by atoms with Gasteiger partial charge in [-0.1, -0.05) is 23.8 Å². The van der Waals surface area contributed by atoms with Crippen molar-refractivity contribution < 1.29 is 13.5 Å². The Morgan fingerprint density at radius 3 is 2.57 bits per heavy atom. The molecule has 0 heterocycles. The third-order valence-corrected chi connectivity index (χ3v) is 3.47. The predicted octanol–water partition coefficient (Wildman–Crippen LogP) is 4.13. The van der Waals surface area contributed by atoms with Crippen molar-refractivity contribution in [2.45, 2.75) is 26.4 Å². The number of methoxy groups -OCH3 is 1. The second-order valence-electron chi connectivity index (χ2n) is 5.08. The second-order valence-corrected chi connectivity index (χ2v) is 5.08. The van der Waals surface area contributed by atoms with Crippen LogP contribution in [0.5, 0.6) is 5.75 Å². The number of benzene rings is 2. The van der Waals surface area contributed by atoms with E-state index in [1.54, 1.807) is 7.11 Å². The third-order valence-electron chi connectivity index (χ3n) is 3.47. The molecule has 112 valence electrons. The van der Waals surface area contributed by atoms with Gasteiger partial charge in [-0.25, -0.2) is 8.78 Å². The molecule has 0 aromatic heterocycles. The van der Waals surface area contributed by atoms with Crippen LogP contribution < -0.4 is 10.1 Å². The summed E-state index contributed by atoms with van der Waals surface area (Å²) in [7, 11) is 1.63. The zero-order valence-electron chi connectivity index (χ0n) is 12.4. The Kier molecular flexibility index (Phi) is 4.91. The lowest BCUT2D eigenvalue weighted by molar-refractivity contribution is 0.401. The molecule has 4 heteroatoms. The highest BCUT2D eigenvalue weighted by atomic mass is 19.1. The largest absolute Gasteiger partial charge is 0.496 e. The van der Waals surface area contributed by atoms with Crippen molar-refractivity contribution >= 4 is 0 Å². The first-order valence-electron chi connectivity index (χ1n) is 6.83. The maximum Gasteiger partial charge on any atom is 0.130 e. The summed E-state index contributed by atoms with van der Waals surface area (Å²) in [6, 6.07) is 9.54. The molecule has 2 aromatic carbocycles.